The lowest BCUT2D eigenvalue weighted by molar-refractivity contribution is 0.593. The highest BCUT2D eigenvalue weighted by molar-refractivity contribution is 7.98. The third-order valence-electron chi connectivity index (χ3n) is 3.17. The summed E-state index contributed by atoms with van der Waals surface area (Å²) in [4.78, 5) is 8.72. The maximum Gasteiger partial charge on any atom is 0.127 e. The first-order chi connectivity index (χ1) is 9.24. The van der Waals surface area contributed by atoms with E-state index in [1.54, 1.807) is 0 Å². The predicted molar refractivity (Wildman–Crippen MR) is 84.0 cm³/mol. The van der Waals surface area contributed by atoms with Crippen molar-refractivity contribution in [3.05, 3.63) is 24.3 Å². The lowest BCUT2D eigenvalue weighted by Gasteiger charge is -2.10. The van der Waals surface area contributed by atoms with E-state index in [-0.39, 0.29) is 5.38 Å². The SMILES string of the molecule is CSCCCCCn1c(C(C)Cl)nc2cnccc21. The second-order valence-electron chi connectivity index (χ2n) is 4.66. The Morgan fingerprint density at radius 2 is 2.21 bits per heavy atom. The Morgan fingerprint density at radius 3 is 2.95 bits per heavy atom. The highest BCUT2D eigenvalue weighted by Gasteiger charge is 2.14. The van der Waals surface area contributed by atoms with Crippen LogP contribution in [-0.4, -0.2) is 26.5 Å². The van der Waals surface area contributed by atoms with E-state index in [0.717, 1.165) is 23.4 Å². The minimum Gasteiger partial charge on any atom is -0.327 e. The molecule has 0 aromatic carbocycles. The first-order valence-corrected chi connectivity index (χ1v) is 8.50. The number of rotatable bonds is 7. The van der Waals surface area contributed by atoms with Crippen LogP contribution in [0.15, 0.2) is 18.5 Å². The molecule has 0 spiro atoms. The summed E-state index contributed by atoms with van der Waals surface area (Å²) in [6.07, 6.45) is 9.48. The summed E-state index contributed by atoms with van der Waals surface area (Å²) in [6, 6.07) is 2.02. The van der Waals surface area contributed by atoms with Gasteiger partial charge in [0, 0.05) is 12.7 Å². The van der Waals surface area contributed by atoms with Crippen LogP contribution in [0.5, 0.6) is 0 Å². The van der Waals surface area contributed by atoms with Crippen LogP contribution >= 0.6 is 23.4 Å². The number of hydrogen-bond donors (Lipinski definition) is 0. The molecule has 104 valence electrons. The largest absolute Gasteiger partial charge is 0.327 e. The third kappa shape index (κ3) is 3.63. The van der Waals surface area contributed by atoms with E-state index in [9.17, 15) is 0 Å². The van der Waals surface area contributed by atoms with E-state index in [2.05, 4.69) is 20.8 Å². The van der Waals surface area contributed by atoms with Crippen molar-refractivity contribution in [1.29, 1.82) is 0 Å². The second-order valence-corrected chi connectivity index (χ2v) is 6.30. The average Bonchev–Trinajstić information content (AvgIpc) is 2.78. The molecule has 0 N–H and O–H groups in total. The van der Waals surface area contributed by atoms with Gasteiger partial charge in [0.1, 0.15) is 11.3 Å². The molecule has 2 aromatic heterocycles. The van der Waals surface area contributed by atoms with Crippen molar-refractivity contribution in [2.75, 3.05) is 12.0 Å². The van der Waals surface area contributed by atoms with Gasteiger partial charge in [-0.05, 0) is 37.8 Å². The fraction of sp³-hybridized carbons (Fsp3) is 0.571. The van der Waals surface area contributed by atoms with Crippen molar-refractivity contribution >= 4 is 34.4 Å². The Kier molecular flexibility index (Phi) is 5.52. The molecule has 0 saturated heterocycles. The number of aromatic nitrogens is 3. The summed E-state index contributed by atoms with van der Waals surface area (Å²) in [6.45, 7) is 2.96. The standard InChI is InChI=1S/C14H20ClN3S/c1-11(15)14-17-12-10-16-7-6-13(12)18(14)8-4-3-5-9-19-2/h6-7,10-11H,3-5,8-9H2,1-2H3. The van der Waals surface area contributed by atoms with Gasteiger partial charge >= 0.3 is 0 Å². The fourth-order valence-electron chi connectivity index (χ4n) is 2.23. The van der Waals surface area contributed by atoms with Crippen LogP contribution in [0.25, 0.3) is 11.0 Å². The van der Waals surface area contributed by atoms with Gasteiger partial charge in [-0.15, -0.1) is 11.6 Å². The van der Waals surface area contributed by atoms with Gasteiger partial charge in [0.15, 0.2) is 0 Å². The molecule has 5 heteroatoms. The second kappa shape index (κ2) is 7.15. The van der Waals surface area contributed by atoms with Crippen molar-refractivity contribution in [2.45, 2.75) is 38.1 Å². The van der Waals surface area contributed by atoms with E-state index in [0.29, 0.717) is 0 Å². The summed E-state index contributed by atoms with van der Waals surface area (Å²) in [5.74, 6) is 2.20. The molecule has 0 fully saturated rings. The number of nitrogens with zero attached hydrogens (tertiary/aromatic N) is 3. The van der Waals surface area contributed by atoms with Gasteiger partial charge in [0.05, 0.1) is 17.1 Å². The molecule has 2 aromatic rings. The maximum absolute atomic E-state index is 6.24. The van der Waals surface area contributed by atoms with E-state index >= 15 is 0 Å². The number of fused-ring (bicyclic) bond motifs is 1. The quantitative estimate of drug-likeness (QED) is 0.565. The third-order valence-corrected chi connectivity index (χ3v) is 4.06. The number of unbranched alkanes of at least 4 members (excludes halogenated alkanes) is 2. The number of halogens is 1. The van der Waals surface area contributed by atoms with Crippen LogP contribution in [0.3, 0.4) is 0 Å². The highest BCUT2D eigenvalue weighted by atomic mass is 35.5. The van der Waals surface area contributed by atoms with Gasteiger partial charge in [0.2, 0.25) is 0 Å². The Balaban J connectivity index is 2.13. The van der Waals surface area contributed by atoms with Crippen LogP contribution in [0.1, 0.15) is 37.4 Å². The molecule has 0 saturated carbocycles. The number of pyridine rings is 1. The molecule has 1 unspecified atom stereocenters. The van der Waals surface area contributed by atoms with E-state index in [1.807, 2.05) is 37.1 Å². The molecule has 19 heavy (non-hydrogen) atoms. The van der Waals surface area contributed by atoms with Crippen LogP contribution in [0.4, 0.5) is 0 Å². The predicted octanol–water partition coefficient (Wildman–Crippen LogP) is 4.26. The van der Waals surface area contributed by atoms with Gasteiger partial charge in [-0.25, -0.2) is 4.98 Å². The molecule has 0 radical (unpaired) electrons. The molecule has 0 bridgehead atoms. The van der Waals surface area contributed by atoms with E-state index in [1.165, 1.54) is 25.0 Å². The van der Waals surface area contributed by atoms with Crippen molar-refractivity contribution in [3.63, 3.8) is 0 Å². The molecular formula is C14H20ClN3S. The van der Waals surface area contributed by atoms with Gasteiger partial charge in [-0.1, -0.05) is 6.42 Å². The van der Waals surface area contributed by atoms with E-state index < -0.39 is 0 Å². The molecule has 0 aliphatic heterocycles. The molecule has 2 rings (SSSR count). The van der Waals surface area contributed by atoms with Gasteiger partial charge in [-0.2, -0.15) is 11.8 Å². The molecule has 2 heterocycles. The molecule has 0 aliphatic rings. The highest BCUT2D eigenvalue weighted by Crippen LogP contribution is 2.24. The minimum atomic E-state index is -0.0707. The first-order valence-electron chi connectivity index (χ1n) is 6.67. The fourth-order valence-corrected chi connectivity index (χ4v) is 2.89. The Hall–Kier alpha value is -0.740. The number of hydrogen-bond acceptors (Lipinski definition) is 3. The summed E-state index contributed by atoms with van der Waals surface area (Å²) in [7, 11) is 0. The zero-order valence-electron chi connectivity index (χ0n) is 11.5. The van der Waals surface area contributed by atoms with Crippen LogP contribution in [-0.2, 0) is 6.54 Å². The summed E-state index contributed by atoms with van der Waals surface area (Å²) < 4.78 is 2.24. The smallest absolute Gasteiger partial charge is 0.127 e. The normalized spacial score (nSPS) is 13.0. The van der Waals surface area contributed by atoms with Gasteiger partial charge in [0.25, 0.3) is 0 Å². The topological polar surface area (TPSA) is 30.7 Å². The van der Waals surface area contributed by atoms with Gasteiger partial charge in [-0.3, -0.25) is 4.98 Å². The van der Waals surface area contributed by atoms with Crippen LogP contribution < -0.4 is 0 Å². The van der Waals surface area contributed by atoms with Crippen molar-refractivity contribution in [3.8, 4) is 0 Å². The summed E-state index contributed by atoms with van der Waals surface area (Å²) in [5.41, 5.74) is 2.08. The van der Waals surface area contributed by atoms with Crippen molar-refractivity contribution < 1.29 is 0 Å². The Morgan fingerprint density at radius 1 is 1.37 bits per heavy atom. The molecular weight excluding hydrogens is 278 g/mol. The zero-order chi connectivity index (χ0) is 13.7. The Labute approximate surface area is 123 Å². The van der Waals surface area contributed by atoms with Crippen molar-refractivity contribution in [1.82, 2.24) is 14.5 Å². The molecule has 3 nitrogen and oxygen atoms in total. The van der Waals surface area contributed by atoms with Crippen LogP contribution in [0.2, 0.25) is 0 Å². The molecule has 0 amide bonds. The van der Waals surface area contributed by atoms with Crippen LogP contribution in [0, 0.1) is 0 Å². The first kappa shape index (κ1) is 14.7. The lowest BCUT2D eigenvalue weighted by Crippen LogP contribution is -2.04. The number of thioether (sulfide) groups is 1. The van der Waals surface area contributed by atoms with Crippen molar-refractivity contribution in [2.24, 2.45) is 0 Å². The monoisotopic (exact) mass is 297 g/mol. The number of aryl methyl sites for hydroxylation is 1. The Bertz CT molecular complexity index is 524. The molecule has 0 aliphatic carbocycles. The zero-order valence-corrected chi connectivity index (χ0v) is 13.0. The maximum atomic E-state index is 6.24. The summed E-state index contributed by atoms with van der Waals surface area (Å²) in [5, 5.41) is -0.0707. The summed E-state index contributed by atoms with van der Waals surface area (Å²) >= 11 is 8.15. The van der Waals surface area contributed by atoms with E-state index in [4.69, 9.17) is 11.6 Å². The number of alkyl halides is 1. The van der Waals surface area contributed by atoms with Gasteiger partial charge < -0.3 is 4.57 Å². The number of imidazole rings is 1. The molecule has 1 atom stereocenters. The lowest BCUT2D eigenvalue weighted by atomic mass is 10.2. The minimum absolute atomic E-state index is 0.0707. The average molecular weight is 298 g/mol.